The van der Waals surface area contributed by atoms with Crippen molar-refractivity contribution >= 4 is 0 Å². The first-order chi connectivity index (χ1) is 7.56. The summed E-state index contributed by atoms with van der Waals surface area (Å²) in [6.45, 7) is 8.37. The first-order valence-electron chi connectivity index (χ1n) is 5.73. The molecule has 16 heavy (non-hydrogen) atoms. The lowest BCUT2D eigenvalue weighted by Crippen LogP contribution is -2.15. The zero-order chi connectivity index (χ0) is 11.9. The molecular formula is C14H19O2. The minimum Gasteiger partial charge on any atom is -0.496 e. The van der Waals surface area contributed by atoms with E-state index in [1.165, 1.54) is 22.3 Å². The van der Waals surface area contributed by atoms with E-state index in [-0.39, 0.29) is 0 Å². The van der Waals surface area contributed by atoms with Gasteiger partial charge < -0.3 is 9.47 Å². The van der Waals surface area contributed by atoms with E-state index in [2.05, 4.69) is 27.7 Å². The first kappa shape index (κ1) is 11.3. The highest BCUT2D eigenvalue weighted by Gasteiger charge is 2.24. The highest BCUT2D eigenvalue weighted by atomic mass is 16.5. The third-order valence-corrected chi connectivity index (χ3v) is 3.52. The summed E-state index contributed by atoms with van der Waals surface area (Å²) in [5.74, 6) is 2.07. The van der Waals surface area contributed by atoms with Gasteiger partial charge in [0.05, 0.1) is 7.11 Å². The fraction of sp³-hybridized carbons (Fsp3) is 0.500. The Labute approximate surface area is 97.6 Å². The summed E-state index contributed by atoms with van der Waals surface area (Å²) in [5, 5.41) is 0. The Kier molecular flexibility index (Phi) is 2.83. The third-order valence-electron chi connectivity index (χ3n) is 3.52. The van der Waals surface area contributed by atoms with Gasteiger partial charge >= 0.3 is 0 Å². The van der Waals surface area contributed by atoms with Crippen molar-refractivity contribution < 1.29 is 9.47 Å². The minimum atomic E-state index is 1.01. The normalized spacial score (nSPS) is 15.6. The molecule has 0 saturated heterocycles. The van der Waals surface area contributed by atoms with E-state index in [1.54, 1.807) is 7.11 Å². The second-order valence-electron chi connectivity index (χ2n) is 4.52. The monoisotopic (exact) mass is 219 g/mol. The van der Waals surface area contributed by atoms with Gasteiger partial charge in [-0.2, -0.15) is 0 Å². The number of hydrogen-bond acceptors (Lipinski definition) is 2. The van der Waals surface area contributed by atoms with Crippen LogP contribution in [-0.4, -0.2) is 7.11 Å². The molecule has 0 aliphatic carbocycles. The van der Waals surface area contributed by atoms with Crippen LogP contribution in [0, 0.1) is 26.9 Å². The summed E-state index contributed by atoms with van der Waals surface area (Å²) < 4.78 is 11.4. The summed E-state index contributed by atoms with van der Waals surface area (Å²) in [6, 6.07) is 0. The molecule has 1 aromatic rings. The average Bonchev–Trinajstić information content (AvgIpc) is 2.27. The highest BCUT2D eigenvalue weighted by molar-refractivity contribution is 5.59. The van der Waals surface area contributed by atoms with Crippen molar-refractivity contribution in [2.24, 2.45) is 0 Å². The van der Waals surface area contributed by atoms with Crippen molar-refractivity contribution in [2.75, 3.05) is 7.11 Å². The first-order valence-corrected chi connectivity index (χ1v) is 5.73. The van der Waals surface area contributed by atoms with Crippen LogP contribution in [0.3, 0.4) is 0 Å². The predicted molar refractivity (Wildman–Crippen MR) is 65.1 cm³/mol. The van der Waals surface area contributed by atoms with Gasteiger partial charge in [-0.05, 0) is 57.2 Å². The van der Waals surface area contributed by atoms with Crippen LogP contribution < -0.4 is 9.47 Å². The van der Waals surface area contributed by atoms with Gasteiger partial charge in [-0.1, -0.05) is 0 Å². The van der Waals surface area contributed by atoms with Crippen LogP contribution in [0.5, 0.6) is 11.5 Å². The van der Waals surface area contributed by atoms with Crippen molar-refractivity contribution in [3.8, 4) is 11.5 Å². The summed E-state index contributed by atoms with van der Waals surface area (Å²) in [5.41, 5.74) is 4.93. The van der Waals surface area contributed by atoms with E-state index in [1.807, 2.05) is 0 Å². The number of ether oxygens (including phenoxy) is 2. The molecule has 2 rings (SSSR count). The fourth-order valence-corrected chi connectivity index (χ4v) is 2.43. The van der Waals surface area contributed by atoms with Gasteiger partial charge in [0, 0.05) is 5.56 Å². The Hall–Kier alpha value is -1.18. The fourth-order valence-electron chi connectivity index (χ4n) is 2.43. The van der Waals surface area contributed by atoms with Crippen LogP contribution in [0.15, 0.2) is 0 Å². The summed E-state index contributed by atoms with van der Waals surface area (Å²) in [7, 11) is 1.74. The molecule has 1 heterocycles. The molecular weight excluding hydrogens is 200 g/mol. The van der Waals surface area contributed by atoms with Gasteiger partial charge in [-0.3, -0.25) is 0 Å². The molecule has 87 valence electrons. The van der Waals surface area contributed by atoms with E-state index in [9.17, 15) is 0 Å². The topological polar surface area (TPSA) is 18.5 Å². The Morgan fingerprint density at radius 3 is 2.25 bits per heavy atom. The highest BCUT2D eigenvalue weighted by Crippen LogP contribution is 2.42. The van der Waals surface area contributed by atoms with Gasteiger partial charge in [0.2, 0.25) is 0 Å². The van der Waals surface area contributed by atoms with Gasteiger partial charge in [0.15, 0.2) is 0 Å². The average molecular weight is 219 g/mol. The number of hydrogen-bond donors (Lipinski definition) is 0. The van der Waals surface area contributed by atoms with Gasteiger partial charge in [-0.25, -0.2) is 0 Å². The molecule has 0 N–H and O–H groups in total. The van der Waals surface area contributed by atoms with E-state index < -0.39 is 0 Å². The molecule has 0 unspecified atom stereocenters. The quantitative estimate of drug-likeness (QED) is 0.719. The van der Waals surface area contributed by atoms with Crippen LogP contribution in [-0.2, 0) is 6.42 Å². The van der Waals surface area contributed by atoms with E-state index in [0.717, 1.165) is 30.4 Å². The molecule has 0 spiro atoms. The number of benzene rings is 1. The molecule has 1 aliphatic rings. The largest absolute Gasteiger partial charge is 0.496 e. The molecule has 0 atom stereocenters. The Morgan fingerprint density at radius 1 is 0.938 bits per heavy atom. The maximum absolute atomic E-state index is 5.88. The van der Waals surface area contributed by atoms with Crippen molar-refractivity contribution in [3.05, 3.63) is 28.4 Å². The Morgan fingerprint density at radius 2 is 1.62 bits per heavy atom. The van der Waals surface area contributed by atoms with E-state index >= 15 is 0 Å². The molecule has 0 bridgehead atoms. The van der Waals surface area contributed by atoms with Crippen molar-refractivity contribution in [2.45, 2.75) is 40.5 Å². The summed E-state index contributed by atoms with van der Waals surface area (Å²) in [4.78, 5) is 0. The van der Waals surface area contributed by atoms with Crippen molar-refractivity contribution in [1.82, 2.24) is 0 Å². The van der Waals surface area contributed by atoms with Gasteiger partial charge in [0.1, 0.15) is 17.6 Å². The Balaban J connectivity index is 2.64. The Bertz CT molecular complexity index is 421. The summed E-state index contributed by atoms with van der Waals surface area (Å²) >= 11 is 0. The second-order valence-corrected chi connectivity index (χ2v) is 4.52. The molecule has 1 radical (unpaired) electrons. The lowest BCUT2D eigenvalue weighted by Gasteiger charge is -2.28. The maximum atomic E-state index is 5.88. The van der Waals surface area contributed by atoms with Crippen LogP contribution in [0.1, 0.15) is 35.6 Å². The zero-order valence-corrected chi connectivity index (χ0v) is 10.7. The molecule has 0 fully saturated rings. The minimum absolute atomic E-state index is 1.01. The molecule has 0 saturated carbocycles. The van der Waals surface area contributed by atoms with Crippen LogP contribution >= 0.6 is 0 Å². The van der Waals surface area contributed by atoms with Crippen LogP contribution in [0.2, 0.25) is 0 Å². The molecule has 1 aromatic carbocycles. The standard InChI is InChI=1S/C14H19O2/c1-8-6-7-12-11(4)13(15-5)9(2)10(3)14(12)16-8/h6-7H2,1-5H3. The molecule has 1 aliphatic heterocycles. The maximum Gasteiger partial charge on any atom is 0.146 e. The van der Waals surface area contributed by atoms with Crippen LogP contribution in [0.4, 0.5) is 0 Å². The number of rotatable bonds is 1. The van der Waals surface area contributed by atoms with Crippen molar-refractivity contribution in [1.29, 1.82) is 0 Å². The zero-order valence-electron chi connectivity index (χ0n) is 10.7. The third kappa shape index (κ3) is 1.57. The molecule has 2 nitrogen and oxygen atoms in total. The molecule has 0 amide bonds. The van der Waals surface area contributed by atoms with Gasteiger partial charge in [-0.15, -0.1) is 0 Å². The second kappa shape index (κ2) is 4.00. The lowest BCUT2D eigenvalue weighted by atomic mass is 9.92. The number of methoxy groups -OCH3 is 1. The number of fused-ring (bicyclic) bond motifs is 1. The molecule has 2 heteroatoms. The van der Waals surface area contributed by atoms with Crippen LogP contribution in [0.25, 0.3) is 0 Å². The van der Waals surface area contributed by atoms with E-state index in [4.69, 9.17) is 9.47 Å². The predicted octanol–water partition coefficient (Wildman–Crippen LogP) is 3.50. The smallest absolute Gasteiger partial charge is 0.146 e. The molecule has 0 aromatic heterocycles. The SMILES string of the molecule is COc1c(C)c(C)c2c(c1C)CC[C](C)O2. The van der Waals surface area contributed by atoms with E-state index in [0.29, 0.717) is 0 Å². The summed E-state index contributed by atoms with van der Waals surface area (Å²) in [6.07, 6.45) is 3.18. The van der Waals surface area contributed by atoms with Crippen molar-refractivity contribution in [3.63, 3.8) is 0 Å². The van der Waals surface area contributed by atoms with Gasteiger partial charge in [0.25, 0.3) is 0 Å². The lowest BCUT2D eigenvalue weighted by molar-refractivity contribution is 0.290.